The van der Waals surface area contributed by atoms with Crippen LogP contribution in [0.25, 0.3) is 0 Å². The Hall–Kier alpha value is -2.82. The van der Waals surface area contributed by atoms with E-state index >= 15 is 0 Å². The third-order valence-electron chi connectivity index (χ3n) is 4.56. The molecule has 2 amide bonds. The number of amides is 2. The minimum absolute atomic E-state index is 0.0312. The van der Waals surface area contributed by atoms with Gasteiger partial charge in [0, 0.05) is 19.0 Å². The summed E-state index contributed by atoms with van der Waals surface area (Å²) in [5, 5.41) is 2.95. The second-order valence-corrected chi connectivity index (χ2v) is 7.36. The topological polar surface area (TPSA) is 58.6 Å². The molecule has 2 aromatic carbocycles. The van der Waals surface area contributed by atoms with E-state index in [0.29, 0.717) is 32.4 Å². The second-order valence-electron chi connectivity index (χ2n) is 7.36. The lowest BCUT2D eigenvalue weighted by Gasteiger charge is -2.31. The molecule has 0 aliphatic heterocycles. The Bertz CT molecular complexity index is 747. The van der Waals surface area contributed by atoms with Gasteiger partial charge in [0.25, 0.3) is 0 Å². The van der Waals surface area contributed by atoms with Gasteiger partial charge in [0.1, 0.15) is 11.8 Å². The fourth-order valence-electron chi connectivity index (χ4n) is 3.15. The SMILES string of the molecule is CC[C@@H](C(=O)NC(C)C)N(Cc1ccccc1)C(=O)CCCOc1ccccc1. The molecule has 0 spiro atoms. The van der Waals surface area contributed by atoms with E-state index in [9.17, 15) is 9.59 Å². The van der Waals surface area contributed by atoms with Gasteiger partial charge in [-0.1, -0.05) is 55.5 Å². The number of nitrogens with zero attached hydrogens (tertiary/aromatic N) is 1. The zero-order valence-corrected chi connectivity index (χ0v) is 17.6. The number of benzene rings is 2. The molecule has 0 fully saturated rings. The first kappa shape index (κ1) is 22.5. The van der Waals surface area contributed by atoms with Gasteiger partial charge in [-0.25, -0.2) is 0 Å². The number of hydrogen-bond acceptors (Lipinski definition) is 3. The number of ether oxygens (including phenoxy) is 1. The van der Waals surface area contributed by atoms with Crippen molar-refractivity contribution in [3.63, 3.8) is 0 Å². The van der Waals surface area contributed by atoms with Crippen molar-refractivity contribution >= 4 is 11.8 Å². The van der Waals surface area contributed by atoms with E-state index in [0.717, 1.165) is 11.3 Å². The molecule has 156 valence electrons. The van der Waals surface area contributed by atoms with Crippen molar-refractivity contribution in [1.82, 2.24) is 10.2 Å². The minimum atomic E-state index is -0.486. The van der Waals surface area contributed by atoms with Crippen molar-refractivity contribution in [1.29, 1.82) is 0 Å². The predicted molar refractivity (Wildman–Crippen MR) is 116 cm³/mol. The van der Waals surface area contributed by atoms with Crippen molar-refractivity contribution in [3.8, 4) is 5.75 Å². The van der Waals surface area contributed by atoms with Crippen LogP contribution in [0.5, 0.6) is 5.75 Å². The van der Waals surface area contributed by atoms with Gasteiger partial charge in [0.05, 0.1) is 6.61 Å². The third-order valence-corrected chi connectivity index (χ3v) is 4.56. The van der Waals surface area contributed by atoms with Crippen LogP contribution in [0.1, 0.15) is 45.6 Å². The summed E-state index contributed by atoms with van der Waals surface area (Å²) in [7, 11) is 0. The third kappa shape index (κ3) is 7.60. The van der Waals surface area contributed by atoms with E-state index in [1.807, 2.05) is 81.4 Å². The molecule has 0 bridgehead atoms. The number of para-hydroxylation sites is 1. The summed E-state index contributed by atoms with van der Waals surface area (Å²) < 4.78 is 5.69. The lowest BCUT2D eigenvalue weighted by atomic mass is 10.1. The van der Waals surface area contributed by atoms with E-state index in [1.165, 1.54) is 0 Å². The molecule has 2 aromatic rings. The largest absolute Gasteiger partial charge is 0.494 e. The monoisotopic (exact) mass is 396 g/mol. The first-order chi connectivity index (χ1) is 14.0. The Morgan fingerprint density at radius 2 is 1.62 bits per heavy atom. The highest BCUT2D eigenvalue weighted by Crippen LogP contribution is 2.15. The molecule has 0 aliphatic rings. The number of carbonyl (C=O) groups is 2. The van der Waals surface area contributed by atoms with Gasteiger partial charge >= 0.3 is 0 Å². The Morgan fingerprint density at radius 1 is 1.00 bits per heavy atom. The molecule has 5 heteroatoms. The van der Waals surface area contributed by atoms with Crippen molar-refractivity contribution < 1.29 is 14.3 Å². The molecule has 0 saturated heterocycles. The average molecular weight is 397 g/mol. The van der Waals surface area contributed by atoms with E-state index in [2.05, 4.69) is 5.32 Å². The molecule has 0 heterocycles. The molecule has 0 aliphatic carbocycles. The van der Waals surface area contributed by atoms with Gasteiger partial charge in [-0.15, -0.1) is 0 Å². The molecule has 0 aromatic heterocycles. The Balaban J connectivity index is 2.02. The number of nitrogens with one attached hydrogen (secondary N) is 1. The molecular formula is C24H32N2O3. The van der Waals surface area contributed by atoms with Crippen LogP contribution in [-0.2, 0) is 16.1 Å². The fraction of sp³-hybridized carbons (Fsp3) is 0.417. The van der Waals surface area contributed by atoms with Crippen LogP contribution < -0.4 is 10.1 Å². The van der Waals surface area contributed by atoms with Gasteiger partial charge in [-0.2, -0.15) is 0 Å². The van der Waals surface area contributed by atoms with Crippen molar-refractivity contribution in [2.24, 2.45) is 0 Å². The maximum absolute atomic E-state index is 13.0. The normalized spacial score (nSPS) is 11.7. The molecule has 1 N–H and O–H groups in total. The number of hydrogen-bond donors (Lipinski definition) is 1. The van der Waals surface area contributed by atoms with Crippen LogP contribution in [0.15, 0.2) is 60.7 Å². The second kappa shape index (κ2) is 11.9. The highest BCUT2D eigenvalue weighted by atomic mass is 16.5. The quantitative estimate of drug-likeness (QED) is 0.580. The standard InChI is InChI=1S/C24H32N2O3/c1-4-22(24(28)25-19(2)3)26(18-20-12-7-5-8-13-20)23(27)16-11-17-29-21-14-9-6-10-15-21/h5-10,12-15,19,22H,4,11,16-18H2,1-3H3,(H,25,28)/t22-/m0/s1. The lowest BCUT2D eigenvalue weighted by molar-refractivity contribution is -0.141. The molecule has 0 saturated carbocycles. The van der Waals surface area contributed by atoms with E-state index in [1.54, 1.807) is 4.90 Å². The first-order valence-corrected chi connectivity index (χ1v) is 10.3. The zero-order chi connectivity index (χ0) is 21.1. The molecule has 2 rings (SSSR count). The molecule has 5 nitrogen and oxygen atoms in total. The minimum Gasteiger partial charge on any atom is -0.494 e. The van der Waals surface area contributed by atoms with E-state index in [4.69, 9.17) is 4.74 Å². The van der Waals surface area contributed by atoms with E-state index in [-0.39, 0.29) is 17.9 Å². The van der Waals surface area contributed by atoms with Gasteiger partial charge < -0.3 is 15.0 Å². The predicted octanol–water partition coefficient (Wildman–Crippen LogP) is 4.18. The summed E-state index contributed by atoms with van der Waals surface area (Å²) in [6.07, 6.45) is 1.50. The summed E-state index contributed by atoms with van der Waals surface area (Å²) in [6, 6.07) is 18.9. The van der Waals surface area contributed by atoms with Crippen LogP contribution in [0.3, 0.4) is 0 Å². The molecular weight excluding hydrogens is 364 g/mol. The van der Waals surface area contributed by atoms with Crippen LogP contribution in [-0.4, -0.2) is 35.4 Å². The smallest absolute Gasteiger partial charge is 0.243 e. The maximum Gasteiger partial charge on any atom is 0.243 e. The summed E-state index contributed by atoms with van der Waals surface area (Å²) in [5.41, 5.74) is 1.01. The van der Waals surface area contributed by atoms with Gasteiger partial charge in [-0.05, 0) is 44.4 Å². The van der Waals surface area contributed by atoms with Crippen molar-refractivity contribution in [2.75, 3.05) is 6.61 Å². The molecule has 0 unspecified atom stereocenters. The Labute approximate surface area is 174 Å². The fourth-order valence-corrected chi connectivity index (χ4v) is 3.15. The average Bonchev–Trinajstić information content (AvgIpc) is 2.72. The Morgan fingerprint density at radius 3 is 2.21 bits per heavy atom. The molecule has 0 radical (unpaired) electrons. The van der Waals surface area contributed by atoms with E-state index < -0.39 is 6.04 Å². The molecule has 1 atom stereocenters. The summed E-state index contributed by atoms with van der Waals surface area (Å²) in [6.45, 7) is 6.67. The van der Waals surface area contributed by atoms with Crippen LogP contribution >= 0.6 is 0 Å². The Kier molecular flexibility index (Phi) is 9.22. The van der Waals surface area contributed by atoms with Gasteiger partial charge in [0.2, 0.25) is 11.8 Å². The van der Waals surface area contributed by atoms with Crippen molar-refractivity contribution in [3.05, 3.63) is 66.2 Å². The maximum atomic E-state index is 13.0. The first-order valence-electron chi connectivity index (χ1n) is 10.3. The summed E-state index contributed by atoms with van der Waals surface area (Å²) in [4.78, 5) is 27.4. The van der Waals surface area contributed by atoms with Gasteiger partial charge in [-0.3, -0.25) is 9.59 Å². The van der Waals surface area contributed by atoms with Crippen LogP contribution in [0.2, 0.25) is 0 Å². The molecule has 29 heavy (non-hydrogen) atoms. The van der Waals surface area contributed by atoms with Crippen LogP contribution in [0.4, 0.5) is 0 Å². The highest BCUT2D eigenvalue weighted by Gasteiger charge is 2.28. The highest BCUT2D eigenvalue weighted by molar-refractivity contribution is 5.87. The number of rotatable bonds is 11. The van der Waals surface area contributed by atoms with Crippen LogP contribution in [0, 0.1) is 0 Å². The number of carbonyl (C=O) groups excluding carboxylic acids is 2. The lowest BCUT2D eigenvalue weighted by Crippen LogP contribution is -2.50. The summed E-state index contributed by atoms with van der Waals surface area (Å²) in [5.74, 6) is 0.660. The zero-order valence-electron chi connectivity index (χ0n) is 17.6. The van der Waals surface area contributed by atoms with Crippen molar-refractivity contribution in [2.45, 2.75) is 58.7 Å². The van der Waals surface area contributed by atoms with Gasteiger partial charge in [0.15, 0.2) is 0 Å². The summed E-state index contributed by atoms with van der Waals surface area (Å²) >= 11 is 0.